The van der Waals surface area contributed by atoms with Gasteiger partial charge in [-0.05, 0) is 68.5 Å². The Morgan fingerprint density at radius 1 is 1.03 bits per heavy atom. The lowest BCUT2D eigenvalue weighted by Gasteiger charge is -2.29. The van der Waals surface area contributed by atoms with E-state index in [9.17, 15) is 0 Å². The van der Waals surface area contributed by atoms with E-state index in [0.29, 0.717) is 5.92 Å². The second-order valence-corrected chi connectivity index (χ2v) is 11.5. The molecule has 1 aromatic heterocycles. The number of aromatic nitrogens is 1. The lowest BCUT2D eigenvalue weighted by molar-refractivity contribution is 0.408. The molecule has 1 heterocycles. The van der Waals surface area contributed by atoms with Crippen LogP contribution in [0.2, 0.25) is 0 Å². The van der Waals surface area contributed by atoms with E-state index in [1.54, 1.807) is 5.57 Å². The molecule has 3 rings (SSSR count). The Kier molecular flexibility index (Phi) is 12.8. The summed E-state index contributed by atoms with van der Waals surface area (Å²) in [6.45, 7) is 14.1. The lowest BCUT2D eigenvalue weighted by atomic mass is 9.89. The van der Waals surface area contributed by atoms with Crippen LogP contribution in [0.5, 0.6) is 0 Å². The van der Waals surface area contributed by atoms with Crippen LogP contribution < -0.4 is 15.5 Å². The van der Waals surface area contributed by atoms with E-state index < -0.39 is 0 Å². The molecule has 212 valence electrons. The van der Waals surface area contributed by atoms with E-state index in [1.165, 1.54) is 55.3 Å². The molecule has 2 N–H and O–H groups in total. The summed E-state index contributed by atoms with van der Waals surface area (Å²) in [6.07, 6.45) is 16.3. The van der Waals surface area contributed by atoms with Crippen molar-refractivity contribution < 1.29 is 0 Å². The summed E-state index contributed by atoms with van der Waals surface area (Å²) in [7, 11) is 4.16. The lowest BCUT2D eigenvalue weighted by Crippen LogP contribution is -2.29. The molecule has 1 atom stereocenters. The normalized spacial score (nSPS) is 14.1. The largest absolute Gasteiger partial charge is 0.388 e. The number of anilines is 1. The zero-order valence-electron chi connectivity index (χ0n) is 25.2. The number of pyridine rings is 1. The number of rotatable bonds is 17. The molecule has 0 spiro atoms. The topological polar surface area (TPSA) is 40.2 Å². The van der Waals surface area contributed by atoms with Crippen molar-refractivity contribution in [3.05, 3.63) is 89.3 Å². The molecule has 0 fully saturated rings. The van der Waals surface area contributed by atoms with Gasteiger partial charge < -0.3 is 15.5 Å². The molecule has 1 aromatic carbocycles. The van der Waals surface area contributed by atoms with Gasteiger partial charge in [0.25, 0.3) is 0 Å². The van der Waals surface area contributed by atoms with Crippen LogP contribution in [0.25, 0.3) is 5.70 Å². The smallest absolute Gasteiger partial charge is 0.0781 e. The van der Waals surface area contributed by atoms with Gasteiger partial charge in [0.1, 0.15) is 0 Å². The Morgan fingerprint density at radius 2 is 1.72 bits per heavy atom. The Bertz CT molecular complexity index is 1080. The number of hydrogen-bond acceptors (Lipinski definition) is 4. The number of benzene rings is 1. The summed E-state index contributed by atoms with van der Waals surface area (Å²) in [5, 5.41) is 7.00. The predicted octanol–water partition coefficient (Wildman–Crippen LogP) is 7.93. The fraction of sp³-hybridized carbons (Fsp3) is 0.514. The van der Waals surface area contributed by atoms with Crippen molar-refractivity contribution in [1.82, 2.24) is 15.6 Å². The van der Waals surface area contributed by atoms with Crippen LogP contribution in [0.3, 0.4) is 0 Å². The van der Waals surface area contributed by atoms with Gasteiger partial charge >= 0.3 is 0 Å². The maximum atomic E-state index is 4.84. The molecule has 4 nitrogen and oxygen atoms in total. The number of nitrogens with one attached hydrogen (secondary N) is 2. The van der Waals surface area contributed by atoms with Crippen LogP contribution in [-0.4, -0.2) is 32.2 Å². The third-order valence-electron chi connectivity index (χ3n) is 7.92. The molecule has 0 aliphatic heterocycles. The summed E-state index contributed by atoms with van der Waals surface area (Å²) < 4.78 is 0. The number of hydrogen-bond donors (Lipinski definition) is 2. The van der Waals surface area contributed by atoms with E-state index in [2.05, 4.69) is 98.5 Å². The van der Waals surface area contributed by atoms with Gasteiger partial charge in [0, 0.05) is 44.6 Å². The van der Waals surface area contributed by atoms with Crippen LogP contribution in [-0.2, 0) is 13.0 Å². The Morgan fingerprint density at radius 3 is 2.36 bits per heavy atom. The van der Waals surface area contributed by atoms with Gasteiger partial charge in [0.15, 0.2) is 0 Å². The van der Waals surface area contributed by atoms with Gasteiger partial charge in [-0.15, -0.1) is 0 Å². The minimum atomic E-state index is 0.542. The van der Waals surface area contributed by atoms with Crippen molar-refractivity contribution in [3.8, 4) is 0 Å². The molecule has 0 saturated heterocycles. The Labute approximate surface area is 238 Å². The van der Waals surface area contributed by atoms with Gasteiger partial charge in [-0.2, -0.15) is 0 Å². The highest BCUT2D eigenvalue weighted by atomic mass is 15.1. The zero-order chi connectivity index (χ0) is 28.0. The van der Waals surface area contributed by atoms with Gasteiger partial charge in [0.05, 0.1) is 11.4 Å². The number of nitrogens with zero attached hydrogens (tertiary/aromatic N) is 2. The standard InChI is InChI=1S/C35H52N4/c1-7-12-32(13-8-2)24-37-25-34-35(33(20-21-38-34)28(4)36-5)39(6)26-27(3)22-30-16-18-31(19-17-30)23-29-14-10-9-11-15-29/h9-11,14-16,18,20-21,27,32,36-37H,4,7-8,12-13,17,19,22-26H2,1-3,5-6H3. The second kappa shape index (κ2) is 16.3. The van der Waals surface area contributed by atoms with Crippen LogP contribution in [0.4, 0.5) is 5.69 Å². The minimum Gasteiger partial charge on any atom is -0.388 e. The van der Waals surface area contributed by atoms with Gasteiger partial charge in [-0.1, -0.05) is 93.8 Å². The molecule has 39 heavy (non-hydrogen) atoms. The van der Waals surface area contributed by atoms with Gasteiger partial charge in [0.2, 0.25) is 0 Å². The Hall–Kier alpha value is -2.85. The van der Waals surface area contributed by atoms with Crippen molar-refractivity contribution in [1.29, 1.82) is 0 Å². The summed E-state index contributed by atoms with van der Waals surface area (Å²) in [5.74, 6) is 1.28. The Balaban J connectivity index is 1.65. The fourth-order valence-corrected chi connectivity index (χ4v) is 5.96. The highest BCUT2D eigenvalue weighted by molar-refractivity contribution is 5.75. The SMILES string of the molecule is C=C(NC)c1ccnc(CNCC(CCC)CCC)c1N(C)CC(C)CC1=CC=C(Cc2ccccc2)CC1. The maximum absolute atomic E-state index is 4.84. The molecule has 2 aromatic rings. The number of allylic oxidation sites excluding steroid dienone is 4. The first kappa shape index (κ1) is 30.7. The van der Waals surface area contributed by atoms with Crippen LogP contribution in [0.1, 0.15) is 82.5 Å². The zero-order valence-corrected chi connectivity index (χ0v) is 25.2. The van der Waals surface area contributed by atoms with Crippen LogP contribution >= 0.6 is 0 Å². The first-order valence-electron chi connectivity index (χ1n) is 15.1. The molecular formula is C35H52N4. The summed E-state index contributed by atoms with van der Waals surface area (Å²) in [4.78, 5) is 7.24. The first-order chi connectivity index (χ1) is 18.9. The average molecular weight is 529 g/mol. The van der Waals surface area contributed by atoms with E-state index in [0.717, 1.165) is 55.3 Å². The molecule has 4 heteroatoms. The van der Waals surface area contributed by atoms with Crippen LogP contribution in [0, 0.1) is 11.8 Å². The van der Waals surface area contributed by atoms with E-state index in [4.69, 9.17) is 4.98 Å². The molecule has 1 aliphatic rings. The fourth-order valence-electron chi connectivity index (χ4n) is 5.96. The van der Waals surface area contributed by atoms with Gasteiger partial charge in [-0.25, -0.2) is 0 Å². The summed E-state index contributed by atoms with van der Waals surface area (Å²) in [5.41, 5.74) is 8.90. The van der Waals surface area contributed by atoms with Crippen molar-refractivity contribution in [2.75, 3.05) is 32.1 Å². The molecule has 0 amide bonds. The van der Waals surface area contributed by atoms with Gasteiger partial charge in [-0.3, -0.25) is 4.98 Å². The first-order valence-corrected chi connectivity index (χ1v) is 15.1. The van der Waals surface area contributed by atoms with E-state index >= 15 is 0 Å². The molecule has 0 saturated carbocycles. The highest BCUT2D eigenvalue weighted by Gasteiger charge is 2.19. The third kappa shape index (κ3) is 9.69. The molecule has 1 aliphatic carbocycles. The average Bonchev–Trinajstić information content (AvgIpc) is 2.94. The minimum absolute atomic E-state index is 0.542. The van der Waals surface area contributed by atoms with Crippen molar-refractivity contribution in [2.24, 2.45) is 11.8 Å². The van der Waals surface area contributed by atoms with E-state index in [1.807, 2.05) is 13.2 Å². The monoisotopic (exact) mass is 528 g/mol. The second-order valence-electron chi connectivity index (χ2n) is 11.5. The highest BCUT2D eigenvalue weighted by Crippen LogP contribution is 2.30. The molecule has 0 bridgehead atoms. The van der Waals surface area contributed by atoms with Crippen molar-refractivity contribution in [3.63, 3.8) is 0 Å². The molecular weight excluding hydrogens is 476 g/mol. The van der Waals surface area contributed by atoms with Crippen molar-refractivity contribution in [2.45, 2.75) is 78.7 Å². The van der Waals surface area contributed by atoms with Crippen LogP contribution in [0.15, 0.2) is 72.5 Å². The summed E-state index contributed by atoms with van der Waals surface area (Å²) in [6, 6.07) is 12.9. The summed E-state index contributed by atoms with van der Waals surface area (Å²) >= 11 is 0. The maximum Gasteiger partial charge on any atom is 0.0781 e. The van der Waals surface area contributed by atoms with Crippen molar-refractivity contribution >= 4 is 11.4 Å². The third-order valence-corrected chi connectivity index (χ3v) is 7.92. The quantitative estimate of drug-likeness (QED) is 0.219. The molecule has 0 radical (unpaired) electrons. The predicted molar refractivity (Wildman–Crippen MR) is 170 cm³/mol. The molecule has 1 unspecified atom stereocenters. The van der Waals surface area contributed by atoms with E-state index in [-0.39, 0.29) is 0 Å².